The van der Waals surface area contributed by atoms with Crippen molar-refractivity contribution >= 4 is 12.4 Å². The maximum absolute atomic E-state index is 13.6. The lowest BCUT2D eigenvalue weighted by atomic mass is 10.1. The van der Waals surface area contributed by atoms with E-state index in [1.165, 1.54) is 48.8 Å². The summed E-state index contributed by atoms with van der Waals surface area (Å²) >= 11 is 0. The average Bonchev–Trinajstić information content (AvgIpc) is 2.62. The molecule has 3 rings (SSSR count). The van der Waals surface area contributed by atoms with Crippen LogP contribution in [0.3, 0.4) is 0 Å². The third-order valence-corrected chi connectivity index (χ3v) is 3.57. The smallest absolute Gasteiger partial charge is 0.165 e. The standard InChI is InChI=1S/C21H15F3N2/c22-18-7-1-4-15(10-18)13-25-21(17-6-3-9-20(24)12-17)26-14-16-5-2-8-19(23)11-16/h1-14,21H/b25-13+,26-14+. The Morgan fingerprint density at radius 2 is 1.08 bits per heavy atom. The maximum atomic E-state index is 13.6. The summed E-state index contributed by atoms with van der Waals surface area (Å²) in [6.45, 7) is 0. The molecule has 130 valence electrons. The van der Waals surface area contributed by atoms with E-state index in [4.69, 9.17) is 0 Å². The molecule has 0 radical (unpaired) electrons. The van der Waals surface area contributed by atoms with Gasteiger partial charge in [0.2, 0.25) is 0 Å². The van der Waals surface area contributed by atoms with Crippen molar-refractivity contribution in [3.8, 4) is 0 Å². The average molecular weight is 352 g/mol. The maximum Gasteiger partial charge on any atom is 0.165 e. The lowest BCUT2D eigenvalue weighted by Gasteiger charge is -2.08. The van der Waals surface area contributed by atoms with Crippen LogP contribution < -0.4 is 0 Å². The lowest BCUT2D eigenvalue weighted by molar-refractivity contribution is 0.621. The highest BCUT2D eigenvalue weighted by molar-refractivity contribution is 5.81. The first-order valence-electron chi connectivity index (χ1n) is 7.93. The Labute approximate surface area is 149 Å². The van der Waals surface area contributed by atoms with Gasteiger partial charge in [0.1, 0.15) is 17.5 Å². The predicted octanol–water partition coefficient (Wildman–Crippen LogP) is 5.34. The van der Waals surface area contributed by atoms with Gasteiger partial charge in [-0.15, -0.1) is 0 Å². The number of hydrogen-bond acceptors (Lipinski definition) is 2. The van der Waals surface area contributed by atoms with Gasteiger partial charge in [0, 0.05) is 18.0 Å². The molecule has 26 heavy (non-hydrogen) atoms. The molecule has 0 atom stereocenters. The third-order valence-electron chi connectivity index (χ3n) is 3.57. The Bertz CT molecular complexity index is 896. The van der Waals surface area contributed by atoms with Gasteiger partial charge >= 0.3 is 0 Å². The number of aliphatic imine (C=N–C) groups is 2. The Morgan fingerprint density at radius 1 is 0.615 bits per heavy atom. The Balaban J connectivity index is 1.91. The van der Waals surface area contributed by atoms with E-state index < -0.39 is 12.0 Å². The topological polar surface area (TPSA) is 24.7 Å². The molecule has 0 unspecified atom stereocenters. The molecule has 0 N–H and O–H groups in total. The van der Waals surface area contributed by atoms with Crippen LogP contribution in [-0.4, -0.2) is 12.4 Å². The third kappa shape index (κ3) is 4.89. The second-order valence-electron chi connectivity index (χ2n) is 5.60. The monoisotopic (exact) mass is 352 g/mol. The van der Waals surface area contributed by atoms with E-state index in [0.717, 1.165) is 0 Å². The van der Waals surface area contributed by atoms with Gasteiger partial charge in [-0.2, -0.15) is 0 Å². The van der Waals surface area contributed by atoms with E-state index in [9.17, 15) is 13.2 Å². The van der Waals surface area contributed by atoms with Crippen molar-refractivity contribution in [3.63, 3.8) is 0 Å². The van der Waals surface area contributed by atoms with E-state index in [1.807, 2.05) is 0 Å². The van der Waals surface area contributed by atoms with E-state index in [0.29, 0.717) is 16.7 Å². The van der Waals surface area contributed by atoms with Crippen LogP contribution in [0.1, 0.15) is 22.9 Å². The van der Waals surface area contributed by atoms with Crippen molar-refractivity contribution in [1.82, 2.24) is 0 Å². The van der Waals surface area contributed by atoms with Crippen LogP contribution in [0.4, 0.5) is 13.2 Å². The summed E-state index contributed by atoms with van der Waals surface area (Å²) in [5.41, 5.74) is 1.66. The highest BCUT2D eigenvalue weighted by atomic mass is 19.1. The molecular formula is C21H15F3N2. The zero-order valence-electron chi connectivity index (χ0n) is 13.7. The normalized spacial score (nSPS) is 11.7. The highest BCUT2D eigenvalue weighted by Gasteiger charge is 2.08. The van der Waals surface area contributed by atoms with Crippen LogP contribution >= 0.6 is 0 Å². The van der Waals surface area contributed by atoms with Crippen molar-refractivity contribution in [2.45, 2.75) is 6.17 Å². The van der Waals surface area contributed by atoms with Gasteiger partial charge in [-0.05, 0) is 47.5 Å². The SMILES string of the molecule is Fc1cccc(/C=N/C(/N=C/c2cccc(F)c2)c2cccc(F)c2)c1. The zero-order valence-corrected chi connectivity index (χ0v) is 13.7. The number of benzene rings is 3. The molecular weight excluding hydrogens is 337 g/mol. The molecule has 0 aliphatic heterocycles. The van der Waals surface area contributed by atoms with Gasteiger partial charge in [0.25, 0.3) is 0 Å². The van der Waals surface area contributed by atoms with E-state index in [-0.39, 0.29) is 11.6 Å². The minimum absolute atomic E-state index is 0.375. The molecule has 0 bridgehead atoms. The number of hydrogen-bond donors (Lipinski definition) is 0. The number of nitrogens with zero attached hydrogens (tertiary/aromatic N) is 2. The van der Waals surface area contributed by atoms with Crippen LogP contribution in [0.2, 0.25) is 0 Å². The van der Waals surface area contributed by atoms with Gasteiger partial charge in [-0.1, -0.05) is 36.4 Å². The first-order valence-corrected chi connectivity index (χ1v) is 7.93. The second-order valence-corrected chi connectivity index (χ2v) is 5.60. The van der Waals surface area contributed by atoms with Crippen LogP contribution in [-0.2, 0) is 0 Å². The summed E-state index contributed by atoms with van der Waals surface area (Å²) < 4.78 is 40.2. The van der Waals surface area contributed by atoms with E-state index in [2.05, 4.69) is 9.98 Å². The minimum atomic E-state index is -0.739. The molecule has 2 nitrogen and oxygen atoms in total. The highest BCUT2D eigenvalue weighted by Crippen LogP contribution is 2.20. The lowest BCUT2D eigenvalue weighted by Crippen LogP contribution is -1.96. The van der Waals surface area contributed by atoms with Crippen molar-refractivity contribution < 1.29 is 13.2 Å². The molecule has 0 amide bonds. The summed E-state index contributed by atoms with van der Waals surface area (Å²) in [7, 11) is 0. The predicted molar refractivity (Wildman–Crippen MR) is 97.1 cm³/mol. The first-order chi connectivity index (χ1) is 12.6. The van der Waals surface area contributed by atoms with Crippen molar-refractivity contribution in [3.05, 3.63) is 107 Å². The van der Waals surface area contributed by atoms with E-state index >= 15 is 0 Å². The summed E-state index contributed by atoms with van der Waals surface area (Å²) in [6, 6.07) is 17.8. The molecule has 3 aromatic carbocycles. The molecule has 0 aliphatic rings. The second kappa shape index (κ2) is 8.25. The van der Waals surface area contributed by atoms with Crippen LogP contribution in [0.15, 0.2) is 82.8 Å². The molecule has 0 saturated carbocycles. The van der Waals surface area contributed by atoms with E-state index in [1.54, 1.807) is 36.4 Å². The summed E-state index contributed by atoms with van der Waals surface area (Å²) in [6.07, 6.45) is 2.21. The molecule has 0 heterocycles. The van der Waals surface area contributed by atoms with Crippen LogP contribution in [0, 0.1) is 17.5 Å². The Hall–Kier alpha value is -3.21. The van der Waals surface area contributed by atoms with Gasteiger partial charge in [-0.25, -0.2) is 13.2 Å². The number of halogens is 3. The molecule has 0 fully saturated rings. The quantitative estimate of drug-likeness (QED) is 0.554. The zero-order chi connectivity index (χ0) is 18.4. The van der Waals surface area contributed by atoms with Crippen molar-refractivity contribution in [2.75, 3.05) is 0 Å². The fourth-order valence-electron chi connectivity index (χ4n) is 2.36. The van der Waals surface area contributed by atoms with Crippen LogP contribution in [0.25, 0.3) is 0 Å². The molecule has 0 aliphatic carbocycles. The molecule has 3 aromatic rings. The fourth-order valence-corrected chi connectivity index (χ4v) is 2.36. The molecule has 0 aromatic heterocycles. The first kappa shape index (κ1) is 17.6. The summed E-state index contributed by atoms with van der Waals surface area (Å²) in [4.78, 5) is 8.67. The molecule has 5 heteroatoms. The van der Waals surface area contributed by atoms with Crippen molar-refractivity contribution in [1.29, 1.82) is 0 Å². The minimum Gasteiger partial charge on any atom is -0.261 e. The van der Waals surface area contributed by atoms with Gasteiger partial charge in [0.15, 0.2) is 6.17 Å². The Morgan fingerprint density at radius 3 is 1.54 bits per heavy atom. The van der Waals surface area contributed by atoms with Gasteiger partial charge < -0.3 is 0 Å². The fraction of sp³-hybridized carbons (Fsp3) is 0.0476. The summed E-state index contributed by atoms with van der Waals surface area (Å²) in [5, 5.41) is 0. The largest absolute Gasteiger partial charge is 0.261 e. The summed E-state index contributed by atoms with van der Waals surface area (Å²) in [5.74, 6) is -1.16. The number of rotatable bonds is 5. The van der Waals surface area contributed by atoms with Gasteiger partial charge in [0.05, 0.1) is 0 Å². The van der Waals surface area contributed by atoms with Crippen LogP contribution in [0.5, 0.6) is 0 Å². The molecule has 0 saturated heterocycles. The molecule has 0 spiro atoms. The Kier molecular flexibility index (Phi) is 5.59. The van der Waals surface area contributed by atoms with Crippen molar-refractivity contribution in [2.24, 2.45) is 9.98 Å². The van der Waals surface area contributed by atoms with Gasteiger partial charge in [-0.3, -0.25) is 9.98 Å².